The number of nitrogen functional groups attached to an aromatic ring is 1. The molecule has 0 aromatic heterocycles. The fourth-order valence-corrected chi connectivity index (χ4v) is 4.03. The van der Waals surface area contributed by atoms with Crippen LogP contribution >= 0.6 is 0 Å². The van der Waals surface area contributed by atoms with Crippen LogP contribution in [0.4, 0.5) is 5.69 Å². The number of nitrogens with one attached hydrogen (secondary N) is 1. The van der Waals surface area contributed by atoms with Crippen LogP contribution in [-0.2, 0) is 10.0 Å². The zero-order valence-electron chi connectivity index (χ0n) is 12.0. The van der Waals surface area contributed by atoms with Crippen molar-refractivity contribution < 1.29 is 8.42 Å². The zero-order chi connectivity index (χ0) is 15.0. The largest absolute Gasteiger partial charge is 0.399 e. The van der Waals surface area contributed by atoms with Crippen LogP contribution in [0.15, 0.2) is 41.3 Å². The molecule has 2 aromatic carbocycles. The average Bonchev–Trinajstić information content (AvgIpc) is 3.28. The van der Waals surface area contributed by atoms with Gasteiger partial charge >= 0.3 is 0 Å². The third-order valence-electron chi connectivity index (χ3n) is 4.18. The van der Waals surface area contributed by atoms with Crippen LogP contribution in [-0.4, -0.2) is 15.0 Å². The van der Waals surface area contributed by atoms with E-state index in [9.17, 15) is 8.42 Å². The molecule has 2 aromatic rings. The SMILES string of the molecule is CC(CNS(=O)(=O)c1cccc2cc(N)ccc12)C1CC1. The predicted molar refractivity (Wildman–Crippen MR) is 85.4 cm³/mol. The second kappa shape index (κ2) is 5.31. The summed E-state index contributed by atoms with van der Waals surface area (Å²) in [5.41, 5.74) is 6.39. The molecule has 0 amide bonds. The van der Waals surface area contributed by atoms with Crippen LogP contribution in [0.1, 0.15) is 19.8 Å². The molecule has 0 heterocycles. The van der Waals surface area contributed by atoms with E-state index < -0.39 is 10.0 Å². The first-order valence-corrected chi connectivity index (χ1v) is 8.73. The first-order chi connectivity index (χ1) is 9.97. The molecule has 1 aliphatic carbocycles. The Morgan fingerprint density at radius 1 is 1.29 bits per heavy atom. The van der Waals surface area contributed by atoms with Gasteiger partial charge in [-0.25, -0.2) is 13.1 Å². The van der Waals surface area contributed by atoms with Crippen molar-refractivity contribution in [3.63, 3.8) is 0 Å². The lowest BCUT2D eigenvalue weighted by Crippen LogP contribution is -2.29. The summed E-state index contributed by atoms with van der Waals surface area (Å²) in [5.74, 6) is 1.07. The predicted octanol–water partition coefficient (Wildman–Crippen LogP) is 2.75. The molecule has 0 spiro atoms. The second-order valence-electron chi connectivity index (χ2n) is 5.90. The molecule has 0 aliphatic heterocycles. The molecule has 3 N–H and O–H groups in total. The van der Waals surface area contributed by atoms with Crippen LogP contribution < -0.4 is 10.5 Å². The fourth-order valence-electron chi connectivity index (χ4n) is 2.66. The standard InChI is InChI=1S/C16H20N2O2S/c1-11(12-5-6-12)10-18-21(19,20)16-4-2-3-13-9-14(17)7-8-15(13)16/h2-4,7-9,11-12,18H,5-6,10,17H2,1H3. The number of anilines is 1. The van der Waals surface area contributed by atoms with E-state index in [1.54, 1.807) is 30.3 Å². The highest BCUT2D eigenvalue weighted by atomic mass is 32.2. The van der Waals surface area contributed by atoms with Gasteiger partial charge in [-0.3, -0.25) is 0 Å². The molecule has 0 radical (unpaired) electrons. The van der Waals surface area contributed by atoms with Crippen LogP contribution in [0.3, 0.4) is 0 Å². The molecule has 112 valence electrons. The monoisotopic (exact) mass is 304 g/mol. The third kappa shape index (κ3) is 3.04. The summed E-state index contributed by atoms with van der Waals surface area (Å²) < 4.78 is 27.8. The minimum Gasteiger partial charge on any atom is -0.399 e. The molecule has 1 unspecified atom stereocenters. The minimum absolute atomic E-state index is 0.322. The van der Waals surface area contributed by atoms with E-state index >= 15 is 0 Å². The Kier molecular flexibility index (Phi) is 3.63. The van der Waals surface area contributed by atoms with Gasteiger partial charge in [0.1, 0.15) is 0 Å². The highest BCUT2D eigenvalue weighted by molar-refractivity contribution is 7.89. The van der Waals surface area contributed by atoms with E-state index in [4.69, 9.17) is 5.73 Å². The summed E-state index contributed by atoms with van der Waals surface area (Å²) in [6.07, 6.45) is 2.44. The summed E-state index contributed by atoms with van der Waals surface area (Å²) in [6, 6.07) is 10.6. The van der Waals surface area contributed by atoms with Crippen LogP contribution in [0, 0.1) is 11.8 Å². The summed E-state index contributed by atoms with van der Waals surface area (Å²) in [6.45, 7) is 2.60. The van der Waals surface area contributed by atoms with Crippen molar-refractivity contribution in [2.45, 2.75) is 24.7 Å². The second-order valence-corrected chi connectivity index (χ2v) is 7.64. The van der Waals surface area contributed by atoms with Gasteiger partial charge in [0.05, 0.1) is 4.90 Å². The number of hydrogen-bond acceptors (Lipinski definition) is 3. The van der Waals surface area contributed by atoms with Gasteiger partial charge in [-0.15, -0.1) is 0 Å². The number of rotatable bonds is 5. The molecule has 1 fully saturated rings. The highest BCUT2D eigenvalue weighted by Crippen LogP contribution is 2.36. The van der Waals surface area contributed by atoms with Crippen molar-refractivity contribution in [3.8, 4) is 0 Å². The van der Waals surface area contributed by atoms with Gasteiger partial charge in [0, 0.05) is 17.6 Å². The Hall–Kier alpha value is -1.59. The first-order valence-electron chi connectivity index (χ1n) is 7.25. The fraction of sp³-hybridized carbons (Fsp3) is 0.375. The molecule has 21 heavy (non-hydrogen) atoms. The molecular formula is C16H20N2O2S. The third-order valence-corrected chi connectivity index (χ3v) is 5.66. The van der Waals surface area contributed by atoms with E-state index in [2.05, 4.69) is 11.6 Å². The van der Waals surface area contributed by atoms with Gasteiger partial charge in [-0.05, 0) is 48.3 Å². The number of nitrogens with two attached hydrogens (primary N) is 1. The van der Waals surface area contributed by atoms with Crippen molar-refractivity contribution in [2.24, 2.45) is 11.8 Å². The van der Waals surface area contributed by atoms with E-state index in [1.807, 2.05) is 6.07 Å². The molecule has 3 rings (SSSR count). The van der Waals surface area contributed by atoms with Crippen molar-refractivity contribution >= 4 is 26.5 Å². The lowest BCUT2D eigenvalue weighted by atomic mass is 10.1. The number of sulfonamides is 1. The zero-order valence-corrected chi connectivity index (χ0v) is 12.9. The van der Waals surface area contributed by atoms with Crippen molar-refractivity contribution in [1.29, 1.82) is 0 Å². The topological polar surface area (TPSA) is 72.2 Å². The Balaban J connectivity index is 1.90. The Bertz CT molecular complexity index is 767. The van der Waals surface area contributed by atoms with Crippen LogP contribution in [0.5, 0.6) is 0 Å². The van der Waals surface area contributed by atoms with E-state index in [-0.39, 0.29) is 0 Å². The average molecular weight is 304 g/mol. The van der Waals surface area contributed by atoms with Crippen LogP contribution in [0.2, 0.25) is 0 Å². The maximum Gasteiger partial charge on any atom is 0.241 e. The summed E-state index contributed by atoms with van der Waals surface area (Å²) >= 11 is 0. The lowest BCUT2D eigenvalue weighted by Gasteiger charge is -2.13. The summed E-state index contributed by atoms with van der Waals surface area (Å²) in [5, 5.41) is 1.55. The summed E-state index contributed by atoms with van der Waals surface area (Å²) in [7, 11) is -3.49. The van der Waals surface area contributed by atoms with Crippen molar-refractivity contribution in [2.75, 3.05) is 12.3 Å². The molecular weight excluding hydrogens is 284 g/mol. The van der Waals surface area contributed by atoms with Gasteiger partial charge in [0.2, 0.25) is 10.0 Å². The Morgan fingerprint density at radius 2 is 2.05 bits per heavy atom. The van der Waals surface area contributed by atoms with Crippen molar-refractivity contribution in [3.05, 3.63) is 36.4 Å². The quantitative estimate of drug-likeness (QED) is 0.834. The molecule has 1 aliphatic rings. The molecule has 0 bridgehead atoms. The smallest absolute Gasteiger partial charge is 0.241 e. The molecule has 0 saturated heterocycles. The van der Waals surface area contributed by atoms with Gasteiger partial charge in [0.15, 0.2) is 0 Å². The van der Waals surface area contributed by atoms with E-state index in [0.717, 1.165) is 5.39 Å². The normalized spacial score (nSPS) is 17.0. The highest BCUT2D eigenvalue weighted by Gasteiger charge is 2.29. The lowest BCUT2D eigenvalue weighted by molar-refractivity contribution is 0.492. The summed E-state index contributed by atoms with van der Waals surface area (Å²) in [4.78, 5) is 0.322. The molecule has 5 heteroatoms. The molecule has 4 nitrogen and oxygen atoms in total. The van der Waals surface area contributed by atoms with E-state index in [0.29, 0.717) is 34.3 Å². The maximum atomic E-state index is 12.5. The molecule has 1 saturated carbocycles. The van der Waals surface area contributed by atoms with Gasteiger partial charge in [-0.2, -0.15) is 0 Å². The van der Waals surface area contributed by atoms with Gasteiger partial charge < -0.3 is 5.73 Å². The van der Waals surface area contributed by atoms with Crippen molar-refractivity contribution in [1.82, 2.24) is 4.72 Å². The number of hydrogen-bond donors (Lipinski definition) is 2. The van der Waals surface area contributed by atoms with E-state index in [1.165, 1.54) is 12.8 Å². The number of fused-ring (bicyclic) bond motifs is 1. The Morgan fingerprint density at radius 3 is 2.76 bits per heavy atom. The Labute approximate surface area is 125 Å². The van der Waals surface area contributed by atoms with Gasteiger partial charge in [0.25, 0.3) is 0 Å². The minimum atomic E-state index is -3.49. The molecule has 1 atom stereocenters. The maximum absolute atomic E-state index is 12.5. The first kappa shape index (κ1) is 14.4. The van der Waals surface area contributed by atoms with Crippen LogP contribution in [0.25, 0.3) is 10.8 Å². The number of benzene rings is 2. The van der Waals surface area contributed by atoms with Gasteiger partial charge in [-0.1, -0.05) is 25.1 Å².